The van der Waals surface area contributed by atoms with E-state index in [9.17, 15) is 0 Å². The molecule has 0 aliphatic heterocycles. The predicted molar refractivity (Wildman–Crippen MR) is 70.2 cm³/mol. The summed E-state index contributed by atoms with van der Waals surface area (Å²) >= 11 is 3.37. The fourth-order valence-electron chi connectivity index (χ4n) is 1.27. The zero-order valence-electron chi connectivity index (χ0n) is 9.14. The first-order valence-electron chi connectivity index (χ1n) is 4.93. The maximum atomic E-state index is 5.58. The number of benzene rings is 1. The van der Waals surface area contributed by atoms with Gasteiger partial charge in [-0.25, -0.2) is 0 Å². The fraction of sp³-hybridized carbons (Fsp3) is 0.0909. The Balaban J connectivity index is 2.26. The lowest BCUT2D eigenvalue weighted by molar-refractivity contribution is 0.462. The Hall–Kier alpha value is -1.82. The van der Waals surface area contributed by atoms with E-state index in [1.165, 1.54) is 0 Å². The molecule has 0 amide bonds. The molecule has 2 rings (SSSR count). The zero-order chi connectivity index (χ0) is 12.3. The Labute approximate surface area is 107 Å². The Kier molecular flexibility index (Phi) is 3.43. The van der Waals surface area contributed by atoms with Crippen LogP contribution in [0.5, 0.6) is 11.6 Å². The highest BCUT2D eigenvalue weighted by molar-refractivity contribution is 9.10. The van der Waals surface area contributed by atoms with E-state index in [0.29, 0.717) is 17.4 Å². The summed E-state index contributed by atoms with van der Waals surface area (Å²) in [6.07, 6.45) is 0. The first-order chi connectivity index (χ1) is 8.17. The van der Waals surface area contributed by atoms with E-state index in [1.54, 1.807) is 13.1 Å². The van der Waals surface area contributed by atoms with E-state index in [4.69, 9.17) is 10.5 Å². The van der Waals surface area contributed by atoms with Crippen LogP contribution in [0, 0.1) is 0 Å². The highest BCUT2D eigenvalue weighted by Crippen LogP contribution is 2.24. The summed E-state index contributed by atoms with van der Waals surface area (Å²) in [4.78, 5) is 7.97. The Morgan fingerprint density at radius 1 is 1.29 bits per heavy atom. The quantitative estimate of drug-likeness (QED) is 0.910. The molecule has 1 aromatic carbocycles. The number of aromatic nitrogens is 2. The second kappa shape index (κ2) is 5.01. The third-order valence-electron chi connectivity index (χ3n) is 1.99. The Morgan fingerprint density at radius 2 is 2.12 bits per heavy atom. The van der Waals surface area contributed by atoms with Gasteiger partial charge in [0.15, 0.2) is 0 Å². The van der Waals surface area contributed by atoms with Gasteiger partial charge in [0.05, 0.1) is 0 Å². The molecule has 1 heterocycles. The number of halogens is 1. The van der Waals surface area contributed by atoms with Crippen molar-refractivity contribution < 1.29 is 4.74 Å². The number of nitrogens with zero attached hydrogens (tertiary/aromatic N) is 2. The van der Waals surface area contributed by atoms with Crippen molar-refractivity contribution in [3.8, 4) is 11.6 Å². The van der Waals surface area contributed by atoms with Crippen LogP contribution in [0.1, 0.15) is 0 Å². The van der Waals surface area contributed by atoms with Crippen LogP contribution in [-0.4, -0.2) is 17.0 Å². The molecule has 0 bridgehead atoms. The normalized spacial score (nSPS) is 10.0. The number of rotatable bonds is 3. The summed E-state index contributed by atoms with van der Waals surface area (Å²) in [7, 11) is 1.75. The second-order valence-corrected chi connectivity index (χ2v) is 4.17. The highest BCUT2D eigenvalue weighted by Gasteiger charge is 2.03. The van der Waals surface area contributed by atoms with Crippen LogP contribution < -0.4 is 15.8 Å². The third-order valence-corrected chi connectivity index (χ3v) is 2.49. The molecule has 0 aliphatic rings. The molecular formula is C11H11BrN4O. The predicted octanol–water partition coefficient (Wildman–Crippen LogP) is 2.66. The van der Waals surface area contributed by atoms with Gasteiger partial charge in [0.1, 0.15) is 11.6 Å². The van der Waals surface area contributed by atoms with Crippen LogP contribution >= 0.6 is 15.9 Å². The molecule has 0 fully saturated rings. The summed E-state index contributed by atoms with van der Waals surface area (Å²) in [6.45, 7) is 0. The van der Waals surface area contributed by atoms with Crippen LogP contribution in [0.15, 0.2) is 34.8 Å². The molecule has 0 aliphatic carbocycles. The van der Waals surface area contributed by atoms with Crippen LogP contribution in [0.2, 0.25) is 0 Å². The van der Waals surface area contributed by atoms with Gasteiger partial charge in [-0.15, -0.1) is 0 Å². The molecule has 0 saturated carbocycles. The molecule has 0 radical (unpaired) electrons. The maximum absolute atomic E-state index is 5.58. The molecule has 5 nitrogen and oxygen atoms in total. The summed E-state index contributed by atoms with van der Waals surface area (Å²) < 4.78 is 6.52. The molecular weight excluding hydrogens is 284 g/mol. The molecule has 88 valence electrons. The maximum Gasteiger partial charge on any atom is 0.226 e. The van der Waals surface area contributed by atoms with Gasteiger partial charge >= 0.3 is 0 Å². The minimum absolute atomic E-state index is 0.168. The van der Waals surface area contributed by atoms with Crippen molar-refractivity contribution in [2.24, 2.45) is 0 Å². The monoisotopic (exact) mass is 294 g/mol. The number of nitrogens with two attached hydrogens (primary N) is 1. The Morgan fingerprint density at radius 3 is 2.82 bits per heavy atom. The Bertz CT molecular complexity index is 533. The summed E-state index contributed by atoms with van der Waals surface area (Å²) in [5.74, 6) is 1.86. The van der Waals surface area contributed by atoms with Crippen molar-refractivity contribution in [1.82, 2.24) is 9.97 Å². The van der Waals surface area contributed by atoms with Gasteiger partial charge in [0.25, 0.3) is 0 Å². The smallest absolute Gasteiger partial charge is 0.226 e. The lowest BCUT2D eigenvalue weighted by atomic mass is 10.3. The van der Waals surface area contributed by atoms with E-state index >= 15 is 0 Å². The van der Waals surface area contributed by atoms with Crippen molar-refractivity contribution in [3.63, 3.8) is 0 Å². The van der Waals surface area contributed by atoms with Crippen molar-refractivity contribution in [2.75, 3.05) is 18.1 Å². The van der Waals surface area contributed by atoms with Gasteiger partial charge in [0.2, 0.25) is 11.8 Å². The molecule has 0 spiro atoms. The lowest BCUT2D eigenvalue weighted by Crippen LogP contribution is -2.01. The van der Waals surface area contributed by atoms with Crippen LogP contribution in [0.25, 0.3) is 0 Å². The molecule has 0 saturated heterocycles. The van der Waals surface area contributed by atoms with Gasteiger partial charge in [0, 0.05) is 17.6 Å². The van der Waals surface area contributed by atoms with Crippen molar-refractivity contribution in [1.29, 1.82) is 0 Å². The van der Waals surface area contributed by atoms with Crippen LogP contribution in [-0.2, 0) is 0 Å². The first kappa shape index (κ1) is 11.7. The number of hydrogen-bond acceptors (Lipinski definition) is 5. The van der Waals surface area contributed by atoms with Gasteiger partial charge in [-0.3, -0.25) is 0 Å². The average molecular weight is 295 g/mol. The van der Waals surface area contributed by atoms with Crippen LogP contribution in [0.4, 0.5) is 11.8 Å². The minimum Gasteiger partial charge on any atom is -0.439 e. The summed E-state index contributed by atoms with van der Waals surface area (Å²) in [6, 6.07) is 9.15. The van der Waals surface area contributed by atoms with Gasteiger partial charge in [-0.2, -0.15) is 9.97 Å². The summed E-state index contributed by atoms with van der Waals surface area (Å²) in [5, 5.41) is 2.88. The second-order valence-electron chi connectivity index (χ2n) is 3.26. The standard InChI is InChI=1S/C11H11BrN4O/c1-14-9-6-10(16-11(13)15-9)17-8-4-2-3-7(12)5-8/h2-6H,1H3,(H3,13,14,15,16). The first-order valence-corrected chi connectivity index (χ1v) is 5.72. The van der Waals surface area contributed by atoms with Crippen molar-refractivity contribution in [2.45, 2.75) is 0 Å². The number of hydrogen-bond donors (Lipinski definition) is 2. The van der Waals surface area contributed by atoms with Gasteiger partial charge in [-0.05, 0) is 18.2 Å². The number of nitrogen functional groups attached to an aromatic ring is 1. The fourth-order valence-corrected chi connectivity index (χ4v) is 1.65. The molecule has 0 atom stereocenters. The van der Waals surface area contributed by atoms with E-state index in [1.807, 2.05) is 24.3 Å². The molecule has 1 aromatic heterocycles. The number of anilines is 2. The van der Waals surface area contributed by atoms with E-state index < -0.39 is 0 Å². The van der Waals surface area contributed by atoms with Gasteiger partial charge < -0.3 is 15.8 Å². The number of ether oxygens (including phenoxy) is 1. The number of nitrogens with one attached hydrogen (secondary N) is 1. The van der Waals surface area contributed by atoms with Crippen molar-refractivity contribution >= 4 is 27.7 Å². The van der Waals surface area contributed by atoms with Crippen molar-refractivity contribution in [3.05, 3.63) is 34.8 Å². The lowest BCUT2D eigenvalue weighted by Gasteiger charge is -2.07. The van der Waals surface area contributed by atoms with Gasteiger partial charge in [-0.1, -0.05) is 22.0 Å². The van der Waals surface area contributed by atoms with E-state index in [2.05, 4.69) is 31.2 Å². The third kappa shape index (κ3) is 3.07. The molecule has 2 aromatic rings. The zero-order valence-corrected chi connectivity index (χ0v) is 10.7. The van der Waals surface area contributed by atoms with Crippen LogP contribution in [0.3, 0.4) is 0 Å². The molecule has 3 N–H and O–H groups in total. The molecule has 6 heteroatoms. The largest absolute Gasteiger partial charge is 0.439 e. The summed E-state index contributed by atoms with van der Waals surface area (Å²) in [5.41, 5.74) is 5.57. The highest BCUT2D eigenvalue weighted by atomic mass is 79.9. The molecule has 17 heavy (non-hydrogen) atoms. The molecule has 0 unspecified atom stereocenters. The average Bonchev–Trinajstić information content (AvgIpc) is 2.28. The minimum atomic E-state index is 0.168. The topological polar surface area (TPSA) is 73.1 Å². The SMILES string of the molecule is CNc1cc(Oc2cccc(Br)c2)nc(N)n1. The van der Waals surface area contributed by atoms with E-state index in [0.717, 1.165) is 4.47 Å². The van der Waals surface area contributed by atoms with E-state index in [-0.39, 0.29) is 5.95 Å².